The number of hydrogen-bond acceptors (Lipinski definition) is 5. The first-order valence-corrected chi connectivity index (χ1v) is 10.3. The summed E-state index contributed by atoms with van der Waals surface area (Å²) in [5.41, 5.74) is 1.12. The maximum absolute atomic E-state index is 13.0. The third-order valence-electron chi connectivity index (χ3n) is 5.11. The van der Waals surface area contributed by atoms with E-state index in [1.54, 1.807) is 14.2 Å². The second kappa shape index (κ2) is 12.8. The van der Waals surface area contributed by atoms with Crippen molar-refractivity contribution in [2.75, 3.05) is 33.9 Å². The molecule has 1 atom stereocenters. The van der Waals surface area contributed by atoms with Gasteiger partial charge in [-0.1, -0.05) is 0 Å². The molecule has 1 aromatic carbocycles. The van der Waals surface area contributed by atoms with Gasteiger partial charge in [-0.2, -0.15) is 8.78 Å². The van der Waals surface area contributed by atoms with Crippen molar-refractivity contribution in [3.05, 3.63) is 42.0 Å². The second-order valence-corrected chi connectivity index (χ2v) is 7.31. The zero-order valence-electron chi connectivity index (χ0n) is 18.6. The Morgan fingerprint density at radius 1 is 1.25 bits per heavy atom. The van der Waals surface area contributed by atoms with Crippen molar-refractivity contribution >= 4 is 29.9 Å². The molecule has 0 amide bonds. The van der Waals surface area contributed by atoms with Crippen molar-refractivity contribution in [2.45, 2.75) is 39.0 Å². The lowest BCUT2D eigenvalue weighted by Gasteiger charge is -2.19. The van der Waals surface area contributed by atoms with Gasteiger partial charge in [0.15, 0.2) is 5.96 Å². The SMILES string of the molecule is CCNC(=NCc1nccn1C(F)F)NC1CCN(Cc2cc(OC)cc(OC)c2)C1.I. The van der Waals surface area contributed by atoms with E-state index in [0.717, 1.165) is 47.7 Å². The van der Waals surface area contributed by atoms with Crippen LogP contribution in [0.5, 0.6) is 11.5 Å². The molecular weight excluding hydrogens is 533 g/mol. The Morgan fingerprint density at radius 3 is 2.59 bits per heavy atom. The van der Waals surface area contributed by atoms with Crippen LogP contribution in [0.1, 0.15) is 31.3 Å². The Labute approximate surface area is 204 Å². The molecule has 2 aromatic rings. The monoisotopic (exact) mass is 564 g/mol. The van der Waals surface area contributed by atoms with Gasteiger partial charge in [-0.15, -0.1) is 24.0 Å². The van der Waals surface area contributed by atoms with Crippen LogP contribution in [0.2, 0.25) is 0 Å². The molecule has 0 saturated carbocycles. The zero-order valence-corrected chi connectivity index (χ0v) is 20.9. The number of ether oxygens (including phenoxy) is 2. The fourth-order valence-corrected chi connectivity index (χ4v) is 3.62. The molecule has 2 heterocycles. The molecule has 0 aliphatic carbocycles. The van der Waals surface area contributed by atoms with Gasteiger partial charge in [0.1, 0.15) is 23.9 Å². The molecule has 2 N–H and O–H groups in total. The molecule has 32 heavy (non-hydrogen) atoms. The van der Waals surface area contributed by atoms with Crippen LogP contribution in [0.25, 0.3) is 0 Å². The van der Waals surface area contributed by atoms with E-state index in [4.69, 9.17) is 9.47 Å². The number of aliphatic imine (C=N–C) groups is 1. The summed E-state index contributed by atoms with van der Waals surface area (Å²) in [7, 11) is 3.29. The van der Waals surface area contributed by atoms with Crippen molar-refractivity contribution in [3.8, 4) is 11.5 Å². The summed E-state index contributed by atoms with van der Waals surface area (Å²) in [5, 5.41) is 6.59. The van der Waals surface area contributed by atoms with Gasteiger partial charge in [-0.05, 0) is 31.0 Å². The molecule has 3 rings (SSSR count). The summed E-state index contributed by atoms with van der Waals surface area (Å²) in [6, 6.07) is 6.09. The molecule has 0 radical (unpaired) electrons. The van der Waals surface area contributed by atoms with Gasteiger partial charge < -0.3 is 20.1 Å². The number of nitrogens with zero attached hydrogens (tertiary/aromatic N) is 4. The molecule has 1 fully saturated rings. The number of benzene rings is 1. The Kier molecular flexibility index (Phi) is 10.4. The highest BCUT2D eigenvalue weighted by Crippen LogP contribution is 2.24. The summed E-state index contributed by atoms with van der Waals surface area (Å²) in [5.74, 6) is 2.37. The Bertz CT molecular complexity index is 857. The number of methoxy groups -OCH3 is 2. The lowest BCUT2D eigenvalue weighted by atomic mass is 10.2. The van der Waals surface area contributed by atoms with E-state index >= 15 is 0 Å². The number of guanidine groups is 1. The first-order valence-electron chi connectivity index (χ1n) is 10.3. The molecule has 1 saturated heterocycles. The molecule has 11 heteroatoms. The van der Waals surface area contributed by atoms with Crippen molar-refractivity contribution in [1.29, 1.82) is 0 Å². The lowest BCUT2D eigenvalue weighted by molar-refractivity contribution is 0.0671. The number of aromatic nitrogens is 2. The number of halogens is 3. The van der Waals surface area contributed by atoms with Gasteiger partial charge in [0, 0.05) is 50.7 Å². The summed E-state index contributed by atoms with van der Waals surface area (Å²) in [6.07, 6.45) is 3.58. The Morgan fingerprint density at radius 2 is 1.97 bits per heavy atom. The van der Waals surface area contributed by atoms with E-state index < -0.39 is 6.55 Å². The highest BCUT2D eigenvalue weighted by molar-refractivity contribution is 14.0. The maximum Gasteiger partial charge on any atom is 0.319 e. The zero-order chi connectivity index (χ0) is 22.2. The van der Waals surface area contributed by atoms with Crippen molar-refractivity contribution in [3.63, 3.8) is 0 Å². The minimum Gasteiger partial charge on any atom is -0.497 e. The highest BCUT2D eigenvalue weighted by atomic mass is 127. The number of hydrogen-bond donors (Lipinski definition) is 2. The minimum atomic E-state index is -2.62. The number of nitrogens with one attached hydrogen (secondary N) is 2. The molecule has 0 spiro atoms. The van der Waals surface area contributed by atoms with Gasteiger partial charge >= 0.3 is 6.55 Å². The van der Waals surface area contributed by atoms with Gasteiger partial charge in [-0.3, -0.25) is 9.47 Å². The van der Waals surface area contributed by atoms with Crippen LogP contribution in [-0.4, -0.2) is 60.3 Å². The minimum absolute atomic E-state index is 0. The van der Waals surface area contributed by atoms with E-state index in [1.165, 1.54) is 12.4 Å². The average Bonchev–Trinajstić information content (AvgIpc) is 3.41. The Hall–Kier alpha value is -2.15. The molecule has 178 valence electrons. The van der Waals surface area contributed by atoms with Crippen LogP contribution in [0.4, 0.5) is 8.78 Å². The van der Waals surface area contributed by atoms with Crippen LogP contribution in [-0.2, 0) is 13.1 Å². The highest BCUT2D eigenvalue weighted by Gasteiger charge is 2.23. The fraction of sp³-hybridized carbons (Fsp3) is 0.524. The van der Waals surface area contributed by atoms with Crippen molar-refractivity contribution in [1.82, 2.24) is 25.1 Å². The number of imidazole rings is 1. The fourth-order valence-electron chi connectivity index (χ4n) is 3.62. The topological polar surface area (TPSA) is 75.9 Å². The normalized spacial score (nSPS) is 16.7. The van der Waals surface area contributed by atoms with Crippen molar-refractivity contribution < 1.29 is 18.3 Å². The standard InChI is InChI=1S/C21H30F2N6O2.HI/c1-4-24-21(26-12-19-25-6-8-29(19)20(22)23)27-16-5-7-28(14-16)13-15-9-17(30-2)11-18(10-15)31-3;/h6,8-11,16,20H,4-5,7,12-14H2,1-3H3,(H2,24,26,27);1H. The van der Waals surface area contributed by atoms with Gasteiger partial charge in [0.2, 0.25) is 0 Å². The van der Waals surface area contributed by atoms with E-state index in [0.29, 0.717) is 12.5 Å². The number of alkyl halides is 2. The van der Waals surface area contributed by atoms with Gasteiger partial charge in [0.05, 0.1) is 14.2 Å². The summed E-state index contributed by atoms with van der Waals surface area (Å²) in [4.78, 5) is 10.8. The largest absolute Gasteiger partial charge is 0.497 e. The van der Waals surface area contributed by atoms with Crippen LogP contribution < -0.4 is 20.1 Å². The maximum atomic E-state index is 13.0. The smallest absolute Gasteiger partial charge is 0.319 e. The lowest BCUT2D eigenvalue weighted by Crippen LogP contribution is -2.44. The van der Waals surface area contributed by atoms with E-state index in [1.807, 2.05) is 25.1 Å². The third kappa shape index (κ3) is 7.19. The Balaban J connectivity index is 0.00000363. The van der Waals surface area contributed by atoms with Crippen molar-refractivity contribution in [2.24, 2.45) is 4.99 Å². The first-order chi connectivity index (χ1) is 15.0. The van der Waals surface area contributed by atoms with E-state index in [-0.39, 0.29) is 42.4 Å². The molecule has 1 unspecified atom stereocenters. The quantitative estimate of drug-likeness (QED) is 0.277. The summed E-state index contributed by atoms with van der Waals surface area (Å²) in [6.45, 7) is 2.66. The average molecular weight is 564 g/mol. The summed E-state index contributed by atoms with van der Waals surface area (Å²) >= 11 is 0. The molecule has 8 nitrogen and oxygen atoms in total. The van der Waals surface area contributed by atoms with Crippen LogP contribution >= 0.6 is 24.0 Å². The van der Waals surface area contributed by atoms with Gasteiger partial charge in [-0.25, -0.2) is 9.98 Å². The molecule has 1 aromatic heterocycles. The predicted octanol–water partition coefficient (Wildman–Crippen LogP) is 3.24. The second-order valence-electron chi connectivity index (χ2n) is 7.31. The third-order valence-corrected chi connectivity index (χ3v) is 5.11. The molecular formula is C21H31F2IN6O2. The predicted molar refractivity (Wildman–Crippen MR) is 130 cm³/mol. The molecule has 1 aliphatic rings. The number of likely N-dealkylation sites (tertiary alicyclic amines) is 1. The van der Waals surface area contributed by atoms with E-state index in [2.05, 4.69) is 25.5 Å². The summed E-state index contributed by atoms with van der Waals surface area (Å²) < 4.78 is 37.5. The van der Waals surface area contributed by atoms with Crippen LogP contribution in [0, 0.1) is 0 Å². The van der Waals surface area contributed by atoms with E-state index in [9.17, 15) is 8.78 Å². The molecule has 0 bridgehead atoms. The molecule has 1 aliphatic heterocycles. The first kappa shape index (κ1) is 26.1. The van der Waals surface area contributed by atoms with Gasteiger partial charge in [0.25, 0.3) is 0 Å². The number of rotatable bonds is 9. The van der Waals surface area contributed by atoms with Crippen LogP contribution in [0.15, 0.2) is 35.6 Å². The van der Waals surface area contributed by atoms with Crippen LogP contribution in [0.3, 0.4) is 0 Å².